The van der Waals surface area contributed by atoms with Crippen LogP contribution in [0, 0.1) is 5.92 Å². The molecule has 0 aromatic carbocycles. The van der Waals surface area contributed by atoms with Crippen LogP contribution >= 0.6 is 0 Å². The summed E-state index contributed by atoms with van der Waals surface area (Å²) in [6.07, 6.45) is 0. The molecule has 1 rings (SSSR count). The fourth-order valence-corrected chi connectivity index (χ4v) is 0.611. The normalized spacial score (nSPS) is 10.5. The van der Waals surface area contributed by atoms with Gasteiger partial charge in [-0.1, -0.05) is 24.0 Å². The number of hydrogen-bond acceptors (Lipinski definition) is 5. The molecule has 1 aromatic heterocycles. The summed E-state index contributed by atoms with van der Waals surface area (Å²) in [6, 6.07) is 0.0144. The SMILES string of the molecule is CCn1nnc(OC(=O)C(C)C)n1. The Hall–Kier alpha value is -1.46. The summed E-state index contributed by atoms with van der Waals surface area (Å²) in [4.78, 5) is 12.4. The number of carbonyl (C=O) groups excluding carboxylic acids is 1. The van der Waals surface area contributed by atoms with Crippen molar-refractivity contribution < 1.29 is 9.53 Å². The van der Waals surface area contributed by atoms with Crippen molar-refractivity contribution in [3.8, 4) is 6.01 Å². The first-order valence-electron chi connectivity index (χ1n) is 4.13. The van der Waals surface area contributed by atoms with Crippen molar-refractivity contribution >= 4 is 5.97 Å². The van der Waals surface area contributed by atoms with E-state index in [0.717, 1.165) is 0 Å². The van der Waals surface area contributed by atoms with E-state index < -0.39 is 0 Å². The molecule has 0 N–H and O–H groups in total. The molecule has 1 heterocycles. The first-order chi connectivity index (χ1) is 6.13. The van der Waals surface area contributed by atoms with E-state index in [4.69, 9.17) is 4.74 Å². The lowest BCUT2D eigenvalue weighted by atomic mass is 10.2. The van der Waals surface area contributed by atoms with Crippen molar-refractivity contribution in [2.45, 2.75) is 27.3 Å². The molecule has 0 unspecified atom stereocenters. The van der Waals surface area contributed by atoms with Gasteiger partial charge in [0.25, 0.3) is 0 Å². The van der Waals surface area contributed by atoms with Crippen LogP contribution in [0.3, 0.4) is 0 Å². The van der Waals surface area contributed by atoms with E-state index >= 15 is 0 Å². The summed E-state index contributed by atoms with van der Waals surface area (Å²) in [5.74, 6) is -0.538. The molecular formula is C7H12N4O2. The number of hydrogen-bond donors (Lipinski definition) is 0. The van der Waals surface area contributed by atoms with Gasteiger partial charge >= 0.3 is 12.0 Å². The zero-order chi connectivity index (χ0) is 9.84. The zero-order valence-corrected chi connectivity index (χ0v) is 7.89. The summed E-state index contributed by atoms with van der Waals surface area (Å²) in [6.45, 7) is 5.96. The number of ether oxygens (including phenoxy) is 1. The third-order valence-electron chi connectivity index (χ3n) is 1.38. The highest BCUT2D eigenvalue weighted by molar-refractivity contribution is 5.73. The number of nitrogens with zero attached hydrogens (tertiary/aromatic N) is 4. The van der Waals surface area contributed by atoms with E-state index in [9.17, 15) is 4.79 Å². The largest absolute Gasteiger partial charge is 0.388 e. The fourth-order valence-electron chi connectivity index (χ4n) is 0.611. The maximum Gasteiger partial charge on any atom is 0.363 e. The lowest BCUT2D eigenvalue weighted by molar-refractivity contribution is -0.138. The average Bonchev–Trinajstić information content (AvgIpc) is 2.52. The minimum atomic E-state index is -0.351. The van der Waals surface area contributed by atoms with Gasteiger partial charge in [0.2, 0.25) is 0 Å². The lowest BCUT2D eigenvalue weighted by Crippen LogP contribution is -2.15. The second-order valence-corrected chi connectivity index (χ2v) is 2.84. The molecule has 0 saturated heterocycles. The second-order valence-electron chi connectivity index (χ2n) is 2.84. The lowest BCUT2D eigenvalue weighted by Gasteiger charge is -2.00. The Morgan fingerprint density at radius 3 is 2.77 bits per heavy atom. The van der Waals surface area contributed by atoms with Crippen LogP contribution in [-0.2, 0) is 11.3 Å². The molecule has 0 amide bonds. The minimum Gasteiger partial charge on any atom is -0.388 e. The molecule has 0 spiro atoms. The predicted octanol–water partition coefficient (Wildman–Crippen LogP) is 0.254. The van der Waals surface area contributed by atoms with Gasteiger partial charge in [0.15, 0.2) is 0 Å². The van der Waals surface area contributed by atoms with Crippen LogP contribution in [0.5, 0.6) is 6.01 Å². The summed E-state index contributed by atoms with van der Waals surface area (Å²) in [7, 11) is 0. The van der Waals surface area contributed by atoms with Crippen molar-refractivity contribution in [2.75, 3.05) is 0 Å². The van der Waals surface area contributed by atoms with Crippen LogP contribution in [0.4, 0.5) is 0 Å². The predicted molar refractivity (Wildman–Crippen MR) is 44.0 cm³/mol. The average molecular weight is 184 g/mol. The van der Waals surface area contributed by atoms with Gasteiger partial charge in [-0.3, -0.25) is 4.79 Å². The smallest absolute Gasteiger partial charge is 0.363 e. The van der Waals surface area contributed by atoms with E-state index in [1.165, 1.54) is 4.80 Å². The van der Waals surface area contributed by atoms with Crippen molar-refractivity contribution in [3.63, 3.8) is 0 Å². The minimum absolute atomic E-state index is 0.0144. The van der Waals surface area contributed by atoms with Crippen LogP contribution < -0.4 is 4.74 Å². The summed E-state index contributed by atoms with van der Waals surface area (Å²) in [5.41, 5.74) is 0. The Kier molecular flexibility index (Phi) is 2.94. The van der Waals surface area contributed by atoms with Crippen molar-refractivity contribution in [1.82, 2.24) is 20.2 Å². The third-order valence-corrected chi connectivity index (χ3v) is 1.38. The molecule has 0 aliphatic rings. The highest BCUT2D eigenvalue weighted by Gasteiger charge is 2.12. The summed E-state index contributed by atoms with van der Waals surface area (Å²) in [5, 5.41) is 11.0. The van der Waals surface area contributed by atoms with Gasteiger partial charge in [-0.05, 0) is 12.1 Å². The van der Waals surface area contributed by atoms with Crippen molar-refractivity contribution in [3.05, 3.63) is 0 Å². The number of aromatic nitrogens is 4. The molecule has 0 aliphatic carbocycles. The molecule has 0 bridgehead atoms. The molecule has 72 valence electrons. The van der Waals surface area contributed by atoms with Crippen LogP contribution in [0.1, 0.15) is 20.8 Å². The molecule has 0 aliphatic heterocycles. The van der Waals surface area contributed by atoms with Gasteiger partial charge in [-0.2, -0.15) is 4.80 Å². The highest BCUT2D eigenvalue weighted by Crippen LogP contribution is 2.02. The Labute approximate surface area is 75.9 Å². The van der Waals surface area contributed by atoms with Crippen molar-refractivity contribution in [1.29, 1.82) is 0 Å². The van der Waals surface area contributed by atoms with Gasteiger partial charge in [0.05, 0.1) is 12.5 Å². The maximum absolute atomic E-state index is 11.1. The molecule has 13 heavy (non-hydrogen) atoms. The summed E-state index contributed by atoms with van der Waals surface area (Å²) >= 11 is 0. The van der Waals surface area contributed by atoms with E-state index in [-0.39, 0.29) is 17.9 Å². The first kappa shape index (κ1) is 9.63. The van der Waals surface area contributed by atoms with Gasteiger partial charge in [0.1, 0.15) is 0 Å². The number of tetrazole rings is 1. The molecule has 0 atom stereocenters. The molecule has 6 nitrogen and oxygen atoms in total. The number of carbonyl (C=O) groups is 1. The molecule has 0 saturated carbocycles. The topological polar surface area (TPSA) is 69.9 Å². The van der Waals surface area contributed by atoms with E-state index in [1.807, 2.05) is 6.92 Å². The molecule has 0 radical (unpaired) electrons. The van der Waals surface area contributed by atoms with Gasteiger partial charge in [-0.25, -0.2) is 0 Å². The Morgan fingerprint density at radius 1 is 1.62 bits per heavy atom. The van der Waals surface area contributed by atoms with E-state index in [1.54, 1.807) is 13.8 Å². The Balaban J connectivity index is 2.59. The molecule has 6 heteroatoms. The van der Waals surface area contributed by atoms with Gasteiger partial charge < -0.3 is 4.74 Å². The number of rotatable bonds is 3. The standard InChI is InChI=1S/C7H12N4O2/c1-4-11-9-7(8-10-11)13-6(12)5(2)3/h5H,4H2,1-3H3. The third kappa shape index (κ3) is 2.50. The van der Waals surface area contributed by atoms with Crippen LogP contribution in [0.2, 0.25) is 0 Å². The van der Waals surface area contributed by atoms with Crippen LogP contribution in [0.15, 0.2) is 0 Å². The second kappa shape index (κ2) is 3.97. The number of esters is 1. The van der Waals surface area contributed by atoms with Crippen LogP contribution in [0.25, 0.3) is 0 Å². The van der Waals surface area contributed by atoms with Crippen LogP contribution in [-0.4, -0.2) is 26.2 Å². The first-order valence-corrected chi connectivity index (χ1v) is 4.13. The quantitative estimate of drug-likeness (QED) is 0.630. The summed E-state index contributed by atoms with van der Waals surface area (Å²) < 4.78 is 4.81. The van der Waals surface area contributed by atoms with Gasteiger partial charge in [0, 0.05) is 0 Å². The van der Waals surface area contributed by atoms with E-state index in [0.29, 0.717) is 6.54 Å². The van der Waals surface area contributed by atoms with Gasteiger partial charge in [-0.15, -0.1) is 0 Å². The Morgan fingerprint density at radius 2 is 2.31 bits per heavy atom. The molecule has 1 aromatic rings. The molecular weight excluding hydrogens is 172 g/mol. The van der Waals surface area contributed by atoms with Crippen molar-refractivity contribution in [2.24, 2.45) is 5.92 Å². The molecule has 0 fully saturated rings. The fraction of sp³-hybridized carbons (Fsp3) is 0.714. The maximum atomic E-state index is 11.1. The monoisotopic (exact) mass is 184 g/mol. The van der Waals surface area contributed by atoms with E-state index in [2.05, 4.69) is 15.4 Å². The Bertz CT molecular complexity index is 294. The number of aryl methyl sites for hydroxylation is 1. The highest BCUT2D eigenvalue weighted by atomic mass is 16.6. The zero-order valence-electron chi connectivity index (χ0n) is 7.89.